The first-order chi connectivity index (χ1) is 13.6. The number of fused-ring (bicyclic) bond motifs is 1. The van der Waals surface area contributed by atoms with Crippen LogP contribution in [-0.4, -0.2) is 36.8 Å². The molecule has 1 amide bonds. The van der Waals surface area contributed by atoms with E-state index < -0.39 is 6.61 Å². The van der Waals surface area contributed by atoms with E-state index in [0.717, 1.165) is 23.1 Å². The van der Waals surface area contributed by atoms with Gasteiger partial charge < -0.3 is 9.47 Å². The molecule has 0 unspecified atom stereocenters. The number of alkyl halides is 2. The van der Waals surface area contributed by atoms with Gasteiger partial charge in [0, 0.05) is 12.2 Å². The number of nitrogens with zero attached hydrogens (tertiary/aromatic N) is 2. The first-order valence-corrected chi connectivity index (χ1v) is 9.76. The summed E-state index contributed by atoms with van der Waals surface area (Å²) in [7, 11) is 0. The minimum Gasteiger partial charge on any atom is -0.435 e. The maximum atomic E-state index is 13.2. The number of carbonyl (C=O) groups is 1. The van der Waals surface area contributed by atoms with Gasteiger partial charge in [-0.15, -0.1) is 0 Å². The van der Waals surface area contributed by atoms with E-state index >= 15 is 0 Å². The molecule has 0 radical (unpaired) electrons. The lowest BCUT2D eigenvalue weighted by molar-refractivity contribution is -0.0498. The Morgan fingerprint density at radius 3 is 2.89 bits per heavy atom. The highest BCUT2D eigenvalue weighted by Crippen LogP contribution is 2.31. The third-order valence-electron chi connectivity index (χ3n) is 4.48. The lowest BCUT2D eigenvalue weighted by Gasteiger charge is -2.23. The second-order valence-corrected chi connectivity index (χ2v) is 7.43. The van der Waals surface area contributed by atoms with Crippen molar-refractivity contribution in [2.45, 2.75) is 25.6 Å². The number of ether oxygens (including phenoxy) is 2. The maximum Gasteiger partial charge on any atom is 0.387 e. The van der Waals surface area contributed by atoms with Crippen LogP contribution in [0.2, 0.25) is 0 Å². The second-order valence-electron chi connectivity index (χ2n) is 6.42. The summed E-state index contributed by atoms with van der Waals surface area (Å²) in [5, 5.41) is 0.557. The predicted octanol–water partition coefficient (Wildman–Crippen LogP) is 4.72. The molecule has 8 heteroatoms. The van der Waals surface area contributed by atoms with E-state index in [1.165, 1.54) is 29.5 Å². The van der Waals surface area contributed by atoms with E-state index in [1.807, 2.05) is 24.3 Å². The minimum absolute atomic E-state index is 0.0535. The van der Waals surface area contributed by atoms with Crippen LogP contribution in [-0.2, 0) is 4.74 Å². The number of hydrogen-bond acceptors (Lipinski definition) is 5. The average molecular weight is 404 g/mol. The van der Waals surface area contributed by atoms with E-state index in [-0.39, 0.29) is 23.3 Å². The van der Waals surface area contributed by atoms with Crippen LogP contribution in [0.3, 0.4) is 0 Å². The number of benzene rings is 2. The second kappa shape index (κ2) is 8.20. The zero-order valence-corrected chi connectivity index (χ0v) is 15.7. The molecule has 1 saturated heterocycles. The van der Waals surface area contributed by atoms with Crippen LogP contribution in [0.4, 0.5) is 13.9 Å². The van der Waals surface area contributed by atoms with Crippen molar-refractivity contribution in [1.82, 2.24) is 4.98 Å². The van der Waals surface area contributed by atoms with Gasteiger partial charge in [0.05, 0.1) is 22.9 Å². The third kappa shape index (κ3) is 4.13. The normalized spacial score (nSPS) is 16.6. The van der Waals surface area contributed by atoms with E-state index in [2.05, 4.69) is 9.72 Å². The van der Waals surface area contributed by atoms with E-state index in [4.69, 9.17) is 4.74 Å². The molecule has 1 aromatic heterocycles. The van der Waals surface area contributed by atoms with Gasteiger partial charge in [0.2, 0.25) is 0 Å². The Morgan fingerprint density at radius 2 is 2.14 bits per heavy atom. The largest absolute Gasteiger partial charge is 0.435 e. The van der Waals surface area contributed by atoms with Crippen molar-refractivity contribution in [1.29, 1.82) is 0 Å². The van der Waals surface area contributed by atoms with Gasteiger partial charge in [0.25, 0.3) is 5.91 Å². The van der Waals surface area contributed by atoms with Gasteiger partial charge in [-0.05, 0) is 43.2 Å². The monoisotopic (exact) mass is 404 g/mol. The fraction of sp³-hybridized carbons (Fsp3) is 0.300. The molecule has 0 spiro atoms. The molecular weight excluding hydrogens is 386 g/mol. The zero-order chi connectivity index (χ0) is 19.5. The smallest absolute Gasteiger partial charge is 0.387 e. The van der Waals surface area contributed by atoms with Gasteiger partial charge >= 0.3 is 6.61 Å². The van der Waals surface area contributed by atoms with Crippen LogP contribution < -0.4 is 9.64 Å². The lowest BCUT2D eigenvalue weighted by Crippen LogP contribution is -2.37. The minimum atomic E-state index is -2.95. The number of para-hydroxylation sites is 1. The lowest BCUT2D eigenvalue weighted by atomic mass is 10.1. The van der Waals surface area contributed by atoms with E-state index in [0.29, 0.717) is 18.3 Å². The molecule has 28 heavy (non-hydrogen) atoms. The highest BCUT2D eigenvalue weighted by atomic mass is 32.1. The van der Waals surface area contributed by atoms with Gasteiger partial charge in [0.15, 0.2) is 5.13 Å². The van der Waals surface area contributed by atoms with Gasteiger partial charge in [-0.3, -0.25) is 9.69 Å². The highest BCUT2D eigenvalue weighted by Gasteiger charge is 2.27. The molecule has 4 rings (SSSR count). The molecule has 0 bridgehead atoms. The Balaban J connectivity index is 1.67. The number of amides is 1. The Kier molecular flexibility index (Phi) is 5.50. The van der Waals surface area contributed by atoms with Crippen molar-refractivity contribution >= 4 is 32.6 Å². The van der Waals surface area contributed by atoms with E-state index in [9.17, 15) is 13.6 Å². The topological polar surface area (TPSA) is 51.7 Å². The first kappa shape index (κ1) is 18.8. The number of aromatic nitrogens is 1. The molecule has 1 aliphatic heterocycles. The van der Waals surface area contributed by atoms with Crippen LogP contribution in [0.25, 0.3) is 10.2 Å². The number of halogens is 2. The molecule has 2 heterocycles. The molecule has 3 aromatic rings. The summed E-state index contributed by atoms with van der Waals surface area (Å²) in [6.45, 7) is -1.92. The summed E-state index contributed by atoms with van der Waals surface area (Å²) < 4.78 is 36.1. The standard InChI is InChI=1S/C20H18F2N2O3S/c21-19(22)27-14-6-3-5-13(11-14)18(25)24(12-15-7-4-10-26-15)20-23-16-8-1-2-9-17(16)28-20/h1-3,5-6,8-9,11,15,19H,4,7,10,12H2/t15-/m1/s1. The molecule has 146 valence electrons. The summed E-state index contributed by atoms with van der Waals surface area (Å²) in [4.78, 5) is 19.4. The van der Waals surface area contributed by atoms with Gasteiger partial charge in [0.1, 0.15) is 5.75 Å². The predicted molar refractivity (Wildman–Crippen MR) is 103 cm³/mol. The van der Waals surface area contributed by atoms with Crippen molar-refractivity contribution in [2.75, 3.05) is 18.1 Å². The number of hydrogen-bond donors (Lipinski definition) is 0. The molecule has 1 aliphatic rings. The van der Waals surface area contributed by atoms with Crippen molar-refractivity contribution in [2.24, 2.45) is 0 Å². The summed E-state index contributed by atoms with van der Waals surface area (Å²) in [5.74, 6) is -0.378. The Bertz CT molecular complexity index is 940. The summed E-state index contributed by atoms with van der Waals surface area (Å²) >= 11 is 1.41. The van der Waals surface area contributed by atoms with Crippen LogP contribution >= 0.6 is 11.3 Å². The average Bonchev–Trinajstić information content (AvgIpc) is 3.34. The third-order valence-corrected chi connectivity index (χ3v) is 5.53. The quantitative estimate of drug-likeness (QED) is 0.596. The Morgan fingerprint density at radius 1 is 1.29 bits per heavy atom. The molecule has 0 N–H and O–H groups in total. The van der Waals surface area contributed by atoms with Crippen LogP contribution in [0.15, 0.2) is 48.5 Å². The van der Waals surface area contributed by atoms with Crippen LogP contribution in [0.1, 0.15) is 23.2 Å². The molecule has 1 fully saturated rings. The van der Waals surface area contributed by atoms with Crippen LogP contribution in [0.5, 0.6) is 5.75 Å². The Labute approximate surface area is 164 Å². The van der Waals surface area contributed by atoms with Crippen molar-refractivity contribution in [3.05, 3.63) is 54.1 Å². The van der Waals surface area contributed by atoms with Gasteiger partial charge in [-0.2, -0.15) is 8.78 Å². The molecule has 0 aliphatic carbocycles. The summed E-state index contributed by atoms with van der Waals surface area (Å²) in [5.41, 5.74) is 1.07. The van der Waals surface area contributed by atoms with E-state index in [1.54, 1.807) is 11.0 Å². The van der Waals surface area contributed by atoms with Gasteiger partial charge in [-0.25, -0.2) is 4.98 Å². The fourth-order valence-electron chi connectivity index (χ4n) is 3.18. The number of thiazole rings is 1. The fourth-order valence-corrected chi connectivity index (χ4v) is 4.15. The molecule has 2 aromatic carbocycles. The van der Waals surface area contributed by atoms with Crippen molar-refractivity contribution < 1.29 is 23.0 Å². The SMILES string of the molecule is O=C(c1cccc(OC(F)F)c1)N(C[C@H]1CCCO1)c1nc2ccccc2s1. The Hall–Kier alpha value is -2.58. The summed E-state index contributed by atoms with van der Waals surface area (Å²) in [6.07, 6.45) is 1.74. The molecule has 0 saturated carbocycles. The van der Waals surface area contributed by atoms with Crippen molar-refractivity contribution in [3.63, 3.8) is 0 Å². The number of anilines is 1. The molecule has 1 atom stereocenters. The maximum absolute atomic E-state index is 13.2. The highest BCUT2D eigenvalue weighted by molar-refractivity contribution is 7.22. The summed E-state index contributed by atoms with van der Waals surface area (Å²) in [6, 6.07) is 13.5. The number of rotatable bonds is 6. The van der Waals surface area contributed by atoms with Gasteiger partial charge in [-0.1, -0.05) is 29.5 Å². The first-order valence-electron chi connectivity index (χ1n) is 8.94. The van der Waals surface area contributed by atoms with Crippen LogP contribution in [0, 0.1) is 0 Å². The molecule has 5 nitrogen and oxygen atoms in total. The van der Waals surface area contributed by atoms with Crippen molar-refractivity contribution in [3.8, 4) is 5.75 Å². The molecular formula is C20H18F2N2O3S. The number of carbonyl (C=O) groups excluding carboxylic acids is 1. The zero-order valence-electron chi connectivity index (χ0n) is 14.9.